The maximum atomic E-state index is 12.6. The minimum atomic E-state index is -4.35. The molecule has 2 rings (SSSR count). The van der Waals surface area contributed by atoms with Crippen LogP contribution in [0, 0.1) is 0 Å². The van der Waals surface area contributed by atoms with Crippen LogP contribution in [0.4, 0.5) is 18.9 Å². The summed E-state index contributed by atoms with van der Waals surface area (Å²) in [4.78, 5) is 2.03. The minimum Gasteiger partial charge on any atom is -0.369 e. The third-order valence-corrected chi connectivity index (χ3v) is 3.51. The van der Waals surface area contributed by atoms with Gasteiger partial charge in [0.15, 0.2) is 0 Å². The fourth-order valence-corrected chi connectivity index (χ4v) is 2.56. The standard InChI is InChI=1S/C13H16ClF3N2/c1-9-8-19(6-2-5-18-9)12-4-3-10(7-11(12)14)13(15,16)17/h3-4,7,9,18H,2,5-6,8H2,1H3. The van der Waals surface area contributed by atoms with Crippen LogP contribution >= 0.6 is 11.6 Å². The highest BCUT2D eigenvalue weighted by Gasteiger charge is 2.31. The van der Waals surface area contributed by atoms with Gasteiger partial charge in [0.2, 0.25) is 0 Å². The number of hydrogen-bond acceptors (Lipinski definition) is 2. The van der Waals surface area contributed by atoms with Crippen molar-refractivity contribution in [1.29, 1.82) is 0 Å². The van der Waals surface area contributed by atoms with Gasteiger partial charge in [-0.3, -0.25) is 0 Å². The molecule has 1 unspecified atom stereocenters. The molecule has 0 spiro atoms. The van der Waals surface area contributed by atoms with E-state index in [1.807, 2.05) is 4.90 Å². The Morgan fingerprint density at radius 3 is 2.74 bits per heavy atom. The number of halogens is 4. The van der Waals surface area contributed by atoms with Gasteiger partial charge in [-0.1, -0.05) is 11.6 Å². The first-order valence-electron chi connectivity index (χ1n) is 6.23. The van der Waals surface area contributed by atoms with E-state index in [0.29, 0.717) is 11.7 Å². The van der Waals surface area contributed by atoms with Crippen molar-refractivity contribution in [1.82, 2.24) is 5.32 Å². The van der Waals surface area contributed by atoms with E-state index in [9.17, 15) is 13.2 Å². The first-order valence-corrected chi connectivity index (χ1v) is 6.61. The molecule has 0 bridgehead atoms. The van der Waals surface area contributed by atoms with E-state index in [1.54, 1.807) is 0 Å². The molecule has 106 valence electrons. The lowest BCUT2D eigenvalue weighted by molar-refractivity contribution is -0.137. The Labute approximate surface area is 115 Å². The predicted molar refractivity (Wildman–Crippen MR) is 70.7 cm³/mol. The monoisotopic (exact) mass is 292 g/mol. The van der Waals surface area contributed by atoms with Crippen LogP contribution in [0.3, 0.4) is 0 Å². The second-order valence-electron chi connectivity index (χ2n) is 4.82. The SMILES string of the molecule is CC1CN(c2ccc(C(F)(F)F)cc2Cl)CCCN1. The molecule has 1 aliphatic rings. The van der Waals surface area contributed by atoms with Crippen LogP contribution in [0.15, 0.2) is 18.2 Å². The van der Waals surface area contributed by atoms with Crippen molar-refractivity contribution in [2.45, 2.75) is 25.6 Å². The van der Waals surface area contributed by atoms with Gasteiger partial charge in [0, 0.05) is 19.1 Å². The summed E-state index contributed by atoms with van der Waals surface area (Å²) in [5, 5.41) is 3.49. The molecule has 19 heavy (non-hydrogen) atoms. The fourth-order valence-electron chi connectivity index (χ4n) is 2.26. The van der Waals surface area contributed by atoms with Crippen LogP contribution < -0.4 is 10.2 Å². The van der Waals surface area contributed by atoms with Crippen molar-refractivity contribution >= 4 is 17.3 Å². The van der Waals surface area contributed by atoms with Crippen LogP contribution in [0.1, 0.15) is 18.9 Å². The first kappa shape index (κ1) is 14.5. The van der Waals surface area contributed by atoms with Crippen LogP contribution in [0.25, 0.3) is 0 Å². The van der Waals surface area contributed by atoms with E-state index in [2.05, 4.69) is 12.2 Å². The topological polar surface area (TPSA) is 15.3 Å². The third-order valence-electron chi connectivity index (χ3n) is 3.21. The summed E-state index contributed by atoms with van der Waals surface area (Å²) in [6.45, 7) is 4.50. The Hall–Kier alpha value is -0.940. The van der Waals surface area contributed by atoms with Crippen LogP contribution in [0.2, 0.25) is 5.02 Å². The summed E-state index contributed by atoms with van der Waals surface area (Å²) in [7, 11) is 0. The summed E-state index contributed by atoms with van der Waals surface area (Å²) in [5.74, 6) is 0. The zero-order chi connectivity index (χ0) is 14.0. The van der Waals surface area contributed by atoms with Gasteiger partial charge in [0.1, 0.15) is 0 Å². The molecule has 1 N–H and O–H groups in total. The Kier molecular flexibility index (Phi) is 4.26. The Morgan fingerprint density at radius 1 is 1.37 bits per heavy atom. The van der Waals surface area contributed by atoms with Gasteiger partial charge in [-0.2, -0.15) is 13.2 Å². The largest absolute Gasteiger partial charge is 0.416 e. The number of alkyl halides is 3. The van der Waals surface area contributed by atoms with Gasteiger partial charge >= 0.3 is 6.18 Å². The van der Waals surface area contributed by atoms with Gasteiger partial charge < -0.3 is 10.2 Å². The summed E-state index contributed by atoms with van der Waals surface area (Å²) >= 11 is 6.01. The Bertz CT molecular complexity index is 448. The van der Waals surface area contributed by atoms with Crippen molar-refractivity contribution in [2.75, 3.05) is 24.5 Å². The molecule has 2 nitrogen and oxygen atoms in total. The number of benzene rings is 1. The molecule has 1 saturated heterocycles. The first-order chi connectivity index (χ1) is 8.88. The molecule has 1 aromatic carbocycles. The number of rotatable bonds is 1. The average Bonchev–Trinajstić information content (AvgIpc) is 2.52. The van der Waals surface area contributed by atoms with Crippen molar-refractivity contribution in [3.8, 4) is 0 Å². The van der Waals surface area contributed by atoms with E-state index in [1.165, 1.54) is 6.07 Å². The molecule has 0 amide bonds. The molecule has 1 aromatic rings. The van der Waals surface area contributed by atoms with Gasteiger partial charge in [-0.05, 0) is 38.1 Å². The lowest BCUT2D eigenvalue weighted by atomic mass is 10.1. The third kappa shape index (κ3) is 3.54. The molecule has 1 fully saturated rings. The normalized spacial score (nSPS) is 21.3. The maximum absolute atomic E-state index is 12.6. The molecular weight excluding hydrogens is 277 g/mol. The number of anilines is 1. The molecule has 0 saturated carbocycles. The van der Waals surface area contributed by atoms with E-state index >= 15 is 0 Å². The van der Waals surface area contributed by atoms with Gasteiger partial charge in [-0.15, -0.1) is 0 Å². The summed E-state index contributed by atoms with van der Waals surface area (Å²) in [6.07, 6.45) is -3.41. The second-order valence-corrected chi connectivity index (χ2v) is 5.23. The Morgan fingerprint density at radius 2 is 2.11 bits per heavy atom. The predicted octanol–water partition coefficient (Wildman–Crippen LogP) is 3.55. The quantitative estimate of drug-likeness (QED) is 0.851. The zero-order valence-corrected chi connectivity index (χ0v) is 11.4. The van der Waals surface area contributed by atoms with E-state index in [-0.39, 0.29) is 5.02 Å². The number of hydrogen-bond donors (Lipinski definition) is 1. The van der Waals surface area contributed by atoms with Crippen molar-refractivity contribution in [3.63, 3.8) is 0 Å². The zero-order valence-electron chi connectivity index (χ0n) is 10.6. The highest BCUT2D eigenvalue weighted by atomic mass is 35.5. The van der Waals surface area contributed by atoms with Crippen LogP contribution in [-0.4, -0.2) is 25.7 Å². The molecule has 0 aliphatic carbocycles. The highest BCUT2D eigenvalue weighted by Crippen LogP contribution is 2.35. The number of nitrogens with zero attached hydrogens (tertiary/aromatic N) is 1. The highest BCUT2D eigenvalue weighted by molar-refractivity contribution is 6.33. The van der Waals surface area contributed by atoms with Crippen molar-refractivity contribution in [2.24, 2.45) is 0 Å². The van der Waals surface area contributed by atoms with E-state index < -0.39 is 11.7 Å². The molecular formula is C13H16ClF3N2. The van der Waals surface area contributed by atoms with Crippen LogP contribution in [-0.2, 0) is 6.18 Å². The Balaban J connectivity index is 2.25. The minimum absolute atomic E-state index is 0.156. The maximum Gasteiger partial charge on any atom is 0.416 e. The van der Waals surface area contributed by atoms with Gasteiger partial charge in [0.25, 0.3) is 0 Å². The molecule has 0 aromatic heterocycles. The number of nitrogens with one attached hydrogen (secondary N) is 1. The lowest BCUT2D eigenvalue weighted by Crippen LogP contribution is -2.35. The average molecular weight is 293 g/mol. The summed E-state index contributed by atoms with van der Waals surface area (Å²) < 4.78 is 37.8. The summed E-state index contributed by atoms with van der Waals surface area (Å²) in [5.41, 5.74) is -0.0348. The van der Waals surface area contributed by atoms with Crippen LogP contribution in [0.5, 0.6) is 0 Å². The summed E-state index contributed by atoms with van der Waals surface area (Å²) in [6, 6.07) is 3.84. The molecule has 6 heteroatoms. The lowest BCUT2D eigenvalue weighted by Gasteiger charge is -2.26. The second kappa shape index (κ2) is 5.59. The molecule has 1 heterocycles. The van der Waals surface area contributed by atoms with Crippen molar-refractivity contribution < 1.29 is 13.2 Å². The smallest absolute Gasteiger partial charge is 0.369 e. The molecule has 1 atom stereocenters. The fraction of sp³-hybridized carbons (Fsp3) is 0.538. The van der Waals surface area contributed by atoms with E-state index in [4.69, 9.17) is 11.6 Å². The molecule has 1 aliphatic heterocycles. The molecule has 0 radical (unpaired) electrons. The van der Waals surface area contributed by atoms with Crippen molar-refractivity contribution in [3.05, 3.63) is 28.8 Å². The van der Waals surface area contributed by atoms with Gasteiger partial charge in [-0.25, -0.2) is 0 Å². The van der Waals surface area contributed by atoms with E-state index in [0.717, 1.165) is 38.2 Å². The van der Waals surface area contributed by atoms with Gasteiger partial charge in [0.05, 0.1) is 16.3 Å².